The van der Waals surface area contributed by atoms with Gasteiger partial charge in [-0.2, -0.15) is 5.10 Å². The molecule has 0 aromatic carbocycles. The van der Waals surface area contributed by atoms with Gasteiger partial charge in [0.25, 0.3) is 5.91 Å². The Kier molecular flexibility index (Phi) is 7.99. The molecule has 3 rings (SSSR count). The summed E-state index contributed by atoms with van der Waals surface area (Å²) in [5.74, 6) is -0.542. The zero-order valence-electron chi connectivity index (χ0n) is 20.9. The lowest BCUT2D eigenvalue weighted by Gasteiger charge is -2.34. The fourth-order valence-corrected chi connectivity index (χ4v) is 4.58. The molecule has 1 unspecified atom stereocenters. The highest BCUT2D eigenvalue weighted by Gasteiger charge is 2.32. The Bertz CT molecular complexity index is 926. The summed E-state index contributed by atoms with van der Waals surface area (Å²) in [6, 6.07) is 0.607. The van der Waals surface area contributed by atoms with E-state index in [9.17, 15) is 19.2 Å². The molecule has 2 saturated heterocycles. The Labute approximate surface area is 201 Å². The summed E-state index contributed by atoms with van der Waals surface area (Å²) < 4.78 is 1.65. The third kappa shape index (κ3) is 6.15. The summed E-state index contributed by atoms with van der Waals surface area (Å²) in [4.78, 5) is 51.7. The SMILES string of the molecule is CNC(=O)[C@H](CC1CCN(C(=O)c2cc(C(C)(C)C)nn2C)CC1)NC(=O)C1CCCC(=O)N1. The lowest BCUT2D eigenvalue weighted by Crippen LogP contribution is -2.55. The lowest BCUT2D eigenvalue weighted by atomic mass is 9.89. The molecule has 2 fully saturated rings. The first-order valence-corrected chi connectivity index (χ1v) is 12.1. The second kappa shape index (κ2) is 10.6. The predicted molar refractivity (Wildman–Crippen MR) is 127 cm³/mol. The van der Waals surface area contributed by atoms with Crippen molar-refractivity contribution in [2.24, 2.45) is 13.0 Å². The molecule has 1 aromatic rings. The number of aromatic nitrogens is 2. The zero-order chi connectivity index (χ0) is 25.0. The van der Waals surface area contributed by atoms with Crippen LogP contribution >= 0.6 is 0 Å². The smallest absolute Gasteiger partial charge is 0.272 e. The van der Waals surface area contributed by atoms with Crippen LogP contribution in [0.2, 0.25) is 0 Å². The quantitative estimate of drug-likeness (QED) is 0.564. The Morgan fingerprint density at radius 3 is 2.44 bits per heavy atom. The van der Waals surface area contributed by atoms with Crippen molar-refractivity contribution in [2.45, 2.75) is 76.8 Å². The van der Waals surface area contributed by atoms with E-state index < -0.39 is 12.1 Å². The molecular weight excluding hydrogens is 436 g/mol. The Balaban J connectivity index is 1.57. The van der Waals surface area contributed by atoms with Gasteiger partial charge in [0.2, 0.25) is 17.7 Å². The number of nitrogens with zero attached hydrogens (tertiary/aromatic N) is 3. The third-order valence-corrected chi connectivity index (χ3v) is 6.77. The number of carbonyl (C=O) groups is 4. The highest BCUT2D eigenvalue weighted by atomic mass is 16.2. The van der Waals surface area contributed by atoms with E-state index in [1.807, 2.05) is 11.0 Å². The molecule has 2 aliphatic heterocycles. The van der Waals surface area contributed by atoms with E-state index in [-0.39, 0.29) is 35.0 Å². The van der Waals surface area contributed by atoms with Crippen molar-refractivity contribution in [1.29, 1.82) is 0 Å². The minimum Gasteiger partial charge on any atom is -0.357 e. The monoisotopic (exact) mass is 474 g/mol. The summed E-state index contributed by atoms with van der Waals surface area (Å²) >= 11 is 0. The molecule has 188 valence electrons. The molecule has 2 atom stereocenters. The number of aryl methyl sites for hydroxylation is 1. The van der Waals surface area contributed by atoms with Crippen molar-refractivity contribution in [2.75, 3.05) is 20.1 Å². The molecule has 10 nitrogen and oxygen atoms in total. The van der Waals surface area contributed by atoms with Gasteiger partial charge < -0.3 is 20.9 Å². The minimum absolute atomic E-state index is 0.0341. The maximum absolute atomic E-state index is 13.1. The van der Waals surface area contributed by atoms with Gasteiger partial charge in [0.1, 0.15) is 17.8 Å². The topological polar surface area (TPSA) is 125 Å². The summed E-state index contributed by atoms with van der Waals surface area (Å²) in [6.45, 7) is 7.38. The molecule has 0 aliphatic carbocycles. The first-order chi connectivity index (χ1) is 16.0. The number of hydrogen-bond acceptors (Lipinski definition) is 5. The average Bonchev–Trinajstić information content (AvgIpc) is 3.20. The van der Waals surface area contributed by atoms with Crippen LogP contribution in [0, 0.1) is 5.92 Å². The summed E-state index contributed by atoms with van der Waals surface area (Å²) in [5, 5.41) is 12.7. The summed E-state index contributed by atoms with van der Waals surface area (Å²) in [6.07, 6.45) is 3.65. The molecule has 0 spiro atoms. The van der Waals surface area contributed by atoms with Crippen molar-refractivity contribution in [3.63, 3.8) is 0 Å². The number of piperidine rings is 2. The normalized spacial score (nSPS) is 20.4. The predicted octanol–water partition coefficient (Wildman–Crippen LogP) is 0.859. The Morgan fingerprint density at radius 1 is 1.21 bits per heavy atom. The lowest BCUT2D eigenvalue weighted by molar-refractivity contribution is -0.133. The van der Waals surface area contributed by atoms with Gasteiger partial charge in [-0.15, -0.1) is 0 Å². The molecule has 0 radical (unpaired) electrons. The second-order valence-corrected chi connectivity index (χ2v) is 10.4. The van der Waals surface area contributed by atoms with E-state index in [2.05, 4.69) is 41.8 Å². The second-order valence-electron chi connectivity index (χ2n) is 10.4. The Morgan fingerprint density at radius 2 is 1.88 bits per heavy atom. The first kappa shape index (κ1) is 25.7. The fourth-order valence-electron chi connectivity index (χ4n) is 4.58. The van der Waals surface area contributed by atoms with E-state index in [1.54, 1.807) is 18.8 Å². The molecule has 0 bridgehead atoms. The van der Waals surface area contributed by atoms with E-state index in [4.69, 9.17) is 0 Å². The van der Waals surface area contributed by atoms with Crippen LogP contribution in [0.3, 0.4) is 0 Å². The number of amides is 4. The summed E-state index contributed by atoms with van der Waals surface area (Å²) in [7, 11) is 3.34. The van der Waals surface area contributed by atoms with Crippen LogP contribution < -0.4 is 16.0 Å². The van der Waals surface area contributed by atoms with Crippen molar-refractivity contribution in [3.05, 3.63) is 17.5 Å². The number of rotatable bonds is 6. The van der Waals surface area contributed by atoms with Crippen LogP contribution in [0.4, 0.5) is 0 Å². The van der Waals surface area contributed by atoms with Crippen molar-refractivity contribution in [3.8, 4) is 0 Å². The zero-order valence-corrected chi connectivity index (χ0v) is 20.9. The first-order valence-electron chi connectivity index (χ1n) is 12.1. The number of nitrogens with one attached hydrogen (secondary N) is 3. The largest absolute Gasteiger partial charge is 0.357 e. The van der Waals surface area contributed by atoms with Gasteiger partial charge in [-0.1, -0.05) is 20.8 Å². The number of hydrogen-bond donors (Lipinski definition) is 3. The molecule has 1 aromatic heterocycles. The number of likely N-dealkylation sites (tertiary alicyclic amines) is 1. The molecule has 4 amide bonds. The van der Waals surface area contributed by atoms with Gasteiger partial charge in [0.15, 0.2) is 0 Å². The van der Waals surface area contributed by atoms with Gasteiger partial charge in [-0.05, 0) is 44.1 Å². The maximum Gasteiger partial charge on any atom is 0.272 e. The molecular formula is C24H38N6O4. The van der Waals surface area contributed by atoms with E-state index >= 15 is 0 Å². The molecule has 34 heavy (non-hydrogen) atoms. The summed E-state index contributed by atoms with van der Waals surface area (Å²) in [5.41, 5.74) is 1.32. The van der Waals surface area contributed by atoms with Crippen LogP contribution in [0.25, 0.3) is 0 Å². The minimum atomic E-state index is -0.671. The van der Waals surface area contributed by atoms with Crippen LogP contribution in [0.15, 0.2) is 6.07 Å². The highest BCUT2D eigenvalue weighted by molar-refractivity contribution is 5.93. The van der Waals surface area contributed by atoms with Gasteiger partial charge >= 0.3 is 0 Å². The number of likely N-dealkylation sites (N-methyl/N-ethyl adjacent to an activating group) is 1. The highest BCUT2D eigenvalue weighted by Crippen LogP contribution is 2.26. The van der Waals surface area contributed by atoms with Crippen LogP contribution in [-0.4, -0.2) is 70.5 Å². The van der Waals surface area contributed by atoms with Gasteiger partial charge in [-0.25, -0.2) is 0 Å². The third-order valence-electron chi connectivity index (χ3n) is 6.77. The van der Waals surface area contributed by atoms with E-state index in [0.29, 0.717) is 44.5 Å². The van der Waals surface area contributed by atoms with E-state index in [0.717, 1.165) is 18.5 Å². The standard InChI is InChI=1S/C24H38N6O4/c1-24(2,3)19-14-18(29(5)28-19)23(34)30-11-9-15(10-12-30)13-17(21(32)25-4)27-22(33)16-7-6-8-20(31)26-16/h14-17H,6-13H2,1-5H3,(H,25,32)(H,26,31)(H,27,33)/t16?,17-/m0/s1. The van der Waals surface area contributed by atoms with Crippen LogP contribution in [-0.2, 0) is 26.8 Å². The fraction of sp³-hybridized carbons (Fsp3) is 0.708. The van der Waals surface area contributed by atoms with Gasteiger partial charge in [0.05, 0.1) is 5.69 Å². The van der Waals surface area contributed by atoms with Gasteiger partial charge in [0, 0.05) is 39.0 Å². The molecule has 0 saturated carbocycles. The van der Waals surface area contributed by atoms with E-state index in [1.165, 1.54) is 0 Å². The maximum atomic E-state index is 13.1. The average molecular weight is 475 g/mol. The van der Waals surface area contributed by atoms with Crippen molar-refractivity contribution >= 4 is 23.6 Å². The molecule has 3 N–H and O–H groups in total. The van der Waals surface area contributed by atoms with Gasteiger partial charge in [-0.3, -0.25) is 23.9 Å². The molecule has 2 aliphatic rings. The number of carbonyl (C=O) groups excluding carboxylic acids is 4. The Hall–Kier alpha value is -2.91. The van der Waals surface area contributed by atoms with Crippen molar-refractivity contribution < 1.29 is 19.2 Å². The molecule has 10 heteroatoms. The van der Waals surface area contributed by atoms with Crippen molar-refractivity contribution in [1.82, 2.24) is 30.6 Å². The molecule has 3 heterocycles. The van der Waals surface area contributed by atoms with Crippen LogP contribution in [0.1, 0.15) is 75.5 Å². The van der Waals surface area contributed by atoms with Crippen LogP contribution in [0.5, 0.6) is 0 Å².